The monoisotopic (exact) mass is 199 g/mol. The van der Waals surface area contributed by atoms with Gasteiger partial charge in [-0.2, -0.15) is 0 Å². The second-order valence-corrected chi connectivity index (χ2v) is 2.56. The minimum atomic E-state index is -1.18. The number of carbonyl (C=O) groups is 1. The normalized spacial score (nSPS) is 9.79. The maximum atomic E-state index is 11.8. The van der Waals surface area contributed by atoms with Crippen LogP contribution in [0.1, 0.15) is 10.4 Å². The topological polar surface area (TPSA) is 72.5 Å². The molecule has 5 heteroatoms. The molecule has 1 aromatic carbocycles. The highest BCUT2D eigenvalue weighted by Crippen LogP contribution is 2.24. The summed E-state index contributed by atoms with van der Waals surface area (Å²) in [6.07, 6.45) is 0. The minimum absolute atomic E-state index is 0.0927. The first-order valence-corrected chi connectivity index (χ1v) is 3.97. The number of nitrogen functional groups attached to an aromatic ring is 1. The molecule has 0 spiro atoms. The summed E-state index contributed by atoms with van der Waals surface area (Å²) in [4.78, 5) is 10.8. The molecule has 3 N–H and O–H groups in total. The van der Waals surface area contributed by atoms with Crippen LogP contribution in [-0.2, 0) is 0 Å². The Balaban J connectivity index is 3.02. The number of aromatic carboxylic acids is 1. The van der Waals surface area contributed by atoms with Gasteiger partial charge in [-0.05, 0) is 12.1 Å². The van der Waals surface area contributed by atoms with Crippen LogP contribution in [0.25, 0.3) is 0 Å². The lowest BCUT2D eigenvalue weighted by Crippen LogP contribution is -2.08. The Hall–Kier alpha value is -1.78. The molecule has 0 fully saturated rings. The van der Waals surface area contributed by atoms with E-state index in [1.54, 1.807) is 6.07 Å². The summed E-state index contributed by atoms with van der Waals surface area (Å²) in [5, 5.41) is 8.79. The van der Waals surface area contributed by atoms with Crippen LogP contribution in [0, 0.1) is 0 Å². The van der Waals surface area contributed by atoms with E-state index >= 15 is 0 Å². The number of hydrogen-bond donors (Lipinski definition) is 2. The molecule has 0 aliphatic carbocycles. The van der Waals surface area contributed by atoms with Gasteiger partial charge in [0.25, 0.3) is 0 Å². The van der Waals surface area contributed by atoms with Gasteiger partial charge in [-0.1, -0.05) is 6.07 Å². The molecular formula is C9H10FNO3. The highest BCUT2D eigenvalue weighted by molar-refractivity contribution is 5.96. The lowest BCUT2D eigenvalue weighted by Gasteiger charge is -2.08. The van der Waals surface area contributed by atoms with Crippen molar-refractivity contribution in [3.05, 3.63) is 23.8 Å². The molecule has 0 heterocycles. The van der Waals surface area contributed by atoms with E-state index in [1.165, 1.54) is 12.1 Å². The van der Waals surface area contributed by atoms with Gasteiger partial charge in [-0.25, -0.2) is 9.18 Å². The van der Waals surface area contributed by atoms with Crippen molar-refractivity contribution in [2.45, 2.75) is 0 Å². The van der Waals surface area contributed by atoms with Crippen molar-refractivity contribution < 1.29 is 19.0 Å². The van der Waals surface area contributed by atoms with Crippen LogP contribution in [0.5, 0.6) is 5.75 Å². The fourth-order valence-electron chi connectivity index (χ4n) is 1.05. The predicted octanol–water partition coefficient (Wildman–Crippen LogP) is 1.32. The van der Waals surface area contributed by atoms with Gasteiger partial charge in [0.05, 0.1) is 0 Å². The number of benzene rings is 1. The Bertz CT molecular complexity index is 341. The molecule has 1 rings (SSSR count). The Morgan fingerprint density at radius 3 is 2.86 bits per heavy atom. The summed E-state index contributed by atoms with van der Waals surface area (Å²) in [6, 6.07) is 4.44. The number of carboxylic acid groups (broad SMARTS) is 1. The summed E-state index contributed by atoms with van der Waals surface area (Å²) >= 11 is 0. The van der Waals surface area contributed by atoms with Crippen molar-refractivity contribution >= 4 is 11.7 Å². The molecule has 0 bridgehead atoms. The van der Waals surface area contributed by atoms with E-state index in [9.17, 15) is 9.18 Å². The second kappa shape index (κ2) is 4.45. The standard InChI is InChI=1S/C9H10FNO3/c10-4-5-14-7-3-1-2-6(11)8(7)9(12)13/h1-3H,4-5,11H2,(H,12,13). The summed E-state index contributed by atoms with van der Waals surface area (Å²) < 4.78 is 16.7. The Kier molecular flexibility index (Phi) is 3.28. The third-order valence-corrected chi connectivity index (χ3v) is 1.61. The van der Waals surface area contributed by atoms with E-state index in [-0.39, 0.29) is 23.6 Å². The van der Waals surface area contributed by atoms with Gasteiger partial charge in [0.2, 0.25) is 0 Å². The van der Waals surface area contributed by atoms with Gasteiger partial charge >= 0.3 is 5.97 Å². The number of nitrogens with two attached hydrogens (primary N) is 1. The van der Waals surface area contributed by atoms with Crippen molar-refractivity contribution in [3.63, 3.8) is 0 Å². The number of halogens is 1. The fourth-order valence-corrected chi connectivity index (χ4v) is 1.05. The lowest BCUT2D eigenvalue weighted by molar-refractivity contribution is 0.0693. The Morgan fingerprint density at radius 1 is 1.57 bits per heavy atom. The van der Waals surface area contributed by atoms with Crippen molar-refractivity contribution in [2.24, 2.45) is 0 Å². The van der Waals surface area contributed by atoms with Gasteiger partial charge in [0.15, 0.2) is 0 Å². The number of ether oxygens (including phenoxy) is 1. The van der Waals surface area contributed by atoms with Crippen molar-refractivity contribution in [2.75, 3.05) is 19.0 Å². The summed E-state index contributed by atoms with van der Waals surface area (Å²) in [5.74, 6) is -1.09. The minimum Gasteiger partial charge on any atom is -0.490 e. The largest absolute Gasteiger partial charge is 0.490 e. The highest BCUT2D eigenvalue weighted by Gasteiger charge is 2.14. The molecule has 0 amide bonds. The maximum Gasteiger partial charge on any atom is 0.341 e. The zero-order valence-corrected chi connectivity index (χ0v) is 7.37. The highest BCUT2D eigenvalue weighted by atomic mass is 19.1. The van der Waals surface area contributed by atoms with Crippen LogP contribution in [0.2, 0.25) is 0 Å². The molecule has 0 saturated carbocycles. The smallest absolute Gasteiger partial charge is 0.341 e. The van der Waals surface area contributed by atoms with Crippen molar-refractivity contribution in [3.8, 4) is 5.75 Å². The van der Waals surface area contributed by atoms with E-state index in [4.69, 9.17) is 15.6 Å². The van der Waals surface area contributed by atoms with Gasteiger partial charge in [0.1, 0.15) is 24.6 Å². The van der Waals surface area contributed by atoms with Crippen LogP contribution in [0.15, 0.2) is 18.2 Å². The van der Waals surface area contributed by atoms with Gasteiger partial charge in [-0.15, -0.1) is 0 Å². The average molecular weight is 199 g/mol. The molecule has 0 atom stereocenters. The van der Waals surface area contributed by atoms with Crippen LogP contribution >= 0.6 is 0 Å². The van der Waals surface area contributed by atoms with E-state index in [1.807, 2.05) is 0 Å². The molecule has 14 heavy (non-hydrogen) atoms. The molecule has 0 radical (unpaired) electrons. The zero-order valence-electron chi connectivity index (χ0n) is 7.37. The molecule has 4 nitrogen and oxygen atoms in total. The van der Waals surface area contributed by atoms with Crippen molar-refractivity contribution in [1.29, 1.82) is 0 Å². The van der Waals surface area contributed by atoms with Crippen LogP contribution in [0.4, 0.5) is 10.1 Å². The van der Waals surface area contributed by atoms with Crippen molar-refractivity contribution in [1.82, 2.24) is 0 Å². The van der Waals surface area contributed by atoms with Crippen LogP contribution < -0.4 is 10.5 Å². The Labute approximate surface area is 80.1 Å². The predicted molar refractivity (Wildman–Crippen MR) is 49.3 cm³/mol. The summed E-state index contributed by atoms with van der Waals surface area (Å²) in [6.45, 7) is -0.850. The average Bonchev–Trinajstić information content (AvgIpc) is 2.14. The van der Waals surface area contributed by atoms with E-state index in [2.05, 4.69) is 0 Å². The molecule has 0 unspecified atom stereocenters. The molecule has 0 aliphatic rings. The first kappa shape index (κ1) is 10.3. The summed E-state index contributed by atoms with van der Waals surface area (Å²) in [5.41, 5.74) is 5.42. The lowest BCUT2D eigenvalue weighted by atomic mass is 10.1. The molecule has 0 aromatic heterocycles. The molecular weight excluding hydrogens is 189 g/mol. The fraction of sp³-hybridized carbons (Fsp3) is 0.222. The number of anilines is 1. The summed E-state index contributed by atoms with van der Waals surface area (Å²) in [7, 11) is 0. The number of hydrogen-bond acceptors (Lipinski definition) is 3. The second-order valence-electron chi connectivity index (χ2n) is 2.56. The quantitative estimate of drug-likeness (QED) is 0.717. The first-order chi connectivity index (χ1) is 6.66. The van der Waals surface area contributed by atoms with E-state index in [0.717, 1.165) is 0 Å². The molecule has 0 saturated heterocycles. The first-order valence-electron chi connectivity index (χ1n) is 3.97. The van der Waals surface area contributed by atoms with E-state index < -0.39 is 12.6 Å². The van der Waals surface area contributed by atoms with Gasteiger partial charge in [-0.3, -0.25) is 0 Å². The van der Waals surface area contributed by atoms with E-state index in [0.29, 0.717) is 0 Å². The number of carboxylic acids is 1. The molecule has 0 aliphatic heterocycles. The van der Waals surface area contributed by atoms with Crippen LogP contribution in [-0.4, -0.2) is 24.4 Å². The number of rotatable bonds is 4. The molecule has 76 valence electrons. The maximum absolute atomic E-state index is 11.8. The van der Waals surface area contributed by atoms with Gasteiger partial charge < -0.3 is 15.6 Å². The SMILES string of the molecule is Nc1cccc(OCCF)c1C(=O)O. The number of alkyl halides is 1. The Morgan fingerprint density at radius 2 is 2.29 bits per heavy atom. The third-order valence-electron chi connectivity index (χ3n) is 1.61. The van der Waals surface area contributed by atoms with Crippen LogP contribution in [0.3, 0.4) is 0 Å². The molecule has 1 aromatic rings. The van der Waals surface area contributed by atoms with Gasteiger partial charge in [0, 0.05) is 5.69 Å². The third kappa shape index (κ3) is 2.12. The zero-order chi connectivity index (χ0) is 10.6.